The fraction of sp³-hybridized carbons (Fsp3) is 0.360. The van der Waals surface area contributed by atoms with E-state index in [-0.39, 0.29) is 34.6 Å². The molecule has 1 saturated carbocycles. The molecule has 0 atom stereocenters. The van der Waals surface area contributed by atoms with Gasteiger partial charge in [0.25, 0.3) is 11.8 Å². The zero-order valence-electron chi connectivity index (χ0n) is 19.4. The van der Waals surface area contributed by atoms with Gasteiger partial charge < -0.3 is 16.4 Å². The maximum Gasteiger partial charge on any atom is 0.298 e. The van der Waals surface area contributed by atoms with E-state index >= 15 is 0 Å². The molecule has 1 spiro atoms. The number of nitrogens with two attached hydrogens (primary N) is 2. The first-order chi connectivity index (χ1) is 16.8. The minimum atomic E-state index is -0.653. The number of nitrogen functional groups attached to an aromatic ring is 1. The molecule has 10 heteroatoms. The first-order valence-electron chi connectivity index (χ1n) is 11.5. The first-order valence-corrected chi connectivity index (χ1v) is 11.5. The van der Waals surface area contributed by atoms with Crippen LogP contribution >= 0.6 is 0 Å². The molecular weight excluding hydrogens is 449 g/mol. The van der Waals surface area contributed by atoms with Gasteiger partial charge in [0.2, 0.25) is 0 Å². The van der Waals surface area contributed by atoms with Gasteiger partial charge in [-0.1, -0.05) is 18.1 Å². The molecule has 2 fully saturated rings. The van der Waals surface area contributed by atoms with Gasteiger partial charge in [0.1, 0.15) is 22.9 Å². The normalized spacial score (nSPS) is 21.0. The lowest BCUT2D eigenvalue weighted by Gasteiger charge is -2.45. The Kier molecular flexibility index (Phi) is 5.55. The van der Waals surface area contributed by atoms with Crippen LogP contribution in [0.3, 0.4) is 0 Å². The fourth-order valence-corrected chi connectivity index (χ4v) is 5.26. The lowest BCUT2D eigenvalue weighted by molar-refractivity contribution is -0.125. The monoisotopic (exact) mass is 475 g/mol. The summed E-state index contributed by atoms with van der Waals surface area (Å²) in [6, 6.07) is 6.20. The molecule has 3 aromatic rings. The second-order valence-electron chi connectivity index (χ2n) is 9.38. The molecule has 1 aliphatic heterocycles. The highest BCUT2D eigenvalue weighted by Gasteiger charge is 2.51. The predicted molar refractivity (Wildman–Crippen MR) is 127 cm³/mol. The van der Waals surface area contributed by atoms with Gasteiger partial charge in [0, 0.05) is 24.8 Å². The summed E-state index contributed by atoms with van der Waals surface area (Å²) >= 11 is 0. The summed E-state index contributed by atoms with van der Waals surface area (Å²) in [4.78, 5) is 26.2. The molecule has 0 radical (unpaired) electrons. The maximum atomic E-state index is 13.2. The first kappa shape index (κ1) is 22.7. The van der Waals surface area contributed by atoms with Crippen LogP contribution in [-0.4, -0.2) is 49.4 Å². The minimum Gasteiger partial charge on any atom is -0.383 e. The Hall–Kier alpha value is -4.13. The van der Waals surface area contributed by atoms with E-state index in [1.54, 1.807) is 45.7 Å². The molecule has 1 aliphatic carbocycles. The van der Waals surface area contributed by atoms with E-state index in [1.165, 1.54) is 12.1 Å². The Morgan fingerprint density at radius 2 is 2.00 bits per heavy atom. The van der Waals surface area contributed by atoms with Gasteiger partial charge in [-0.15, -0.1) is 0 Å². The van der Waals surface area contributed by atoms with Gasteiger partial charge in [-0.3, -0.25) is 14.3 Å². The van der Waals surface area contributed by atoms with Crippen molar-refractivity contribution in [1.29, 1.82) is 0 Å². The number of nitrogens with zero attached hydrogens (tertiary/aromatic N) is 5. The van der Waals surface area contributed by atoms with E-state index in [0.717, 1.165) is 24.8 Å². The van der Waals surface area contributed by atoms with E-state index in [0.29, 0.717) is 30.9 Å². The smallest absolute Gasteiger partial charge is 0.298 e. The van der Waals surface area contributed by atoms with Gasteiger partial charge in [0.05, 0.1) is 18.8 Å². The van der Waals surface area contributed by atoms with E-state index < -0.39 is 5.91 Å². The third-order valence-corrected chi connectivity index (χ3v) is 7.00. The number of hydrogen-bond acceptors (Lipinski definition) is 5. The number of likely N-dealkylation sites (tertiary alicyclic amines) is 1. The summed E-state index contributed by atoms with van der Waals surface area (Å²) in [6.45, 7) is 3.46. The topological polar surface area (TPSA) is 125 Å². The number of carbonyl (C=O) groups excluding carboxylic acids is 2. The van der Waals surface area contributed by atoms with Gasteiger partial charge in [-0.2, -0.15) is 10.2 Å². The van der Waals surface area contributed by atoms with Crippen molar-refractivity contribution < 1.29 is 14.0 Å². The molecule has 4 N–H and O–H groups in total. The van der Waals surface area contributed by atoms with Crippen LogP contribution in [0.5, 0.6) is 0 Å². The van der Waals surface area contributed by atoms with Crippen molar-refractivity contribution >= 4 is 17.6 Å². The number of halogens is 1. The highest BCUT2D eigenvalue weighted by molar-refractivity contribution is 6.03. The third-order valence-electron chi connectivity index (χ3n) is 7.00. The second kappa shape index (κ2) is 8.58. The van der Waals surface area contributed by atoms with Crippen LogP contribution in [-0.2, 0) is 11.3 Å². The zero-order chi connectivity index (χ0) is 24.7. The van der Waals surface area contributed by atoms with Crippen molar-refractivity contribution in [1.82, 2.24) is 24.5 Å². The average molecular weight is 476 g/mol. The number of primary amides is 1. The molecule has 9 nitrogen and oxygen atoms in total. The standard InChI is InChI=1S/C25H26FN7O2/c1-2-3-20(34)31-9-8-25(15-31)10-19(11-25)33-23(27)21(24(28)35)22(30-33)17-12-29-32(14-17)13-16-4-6-18(26)7-5-16/h4-7,12,14,19H,8-11,13,15,27H2,1H3,(H2,28,35). The van der Waals surface area contributed by atoms with Crippen LogP contribution in [0, 0.1) is 23.1 Å². The highest BCUT2D eigenvalue weighted by Crippen LogP contribution is 2.54. The maximum absolute atomic E-state index is 13.2. The molecule has 2 aliphatic rings. The number of anilines is 1. The van der Waals surface area contributed by atoms with Gasteiger partial charge in [-0.05, 0) is 55.2 Å². The number of aromatic nitrogens is 4. The van der Waals surface area contributed by atoms with Crippen molar-refractivity contribution in [3.05, 3.63) is 53.6 Å². The van der Waals surface area contributed by atoms with Crippen molar-refractivity contribution in [3.8, 4) is 23.1 Å². The lowest BCUT2D eigenvalue weighted by Crippen LogP contribution is -2.42. The Morgan fingerprint density at radius 3 is 2.69 bits per heavy atom. The predicted octanol–water partition coefficient (Wildman–Crippen LogP) is 2.19. The average Bonchev–Trinajstić information content (AvgIpc) is 3.51. The van der Waals surface area contributed by atoms with Crippen molar-refractivity contribution in [2.45, 2.75) is 38.8 Å². The van der Waals surface area contributed by atoms with Gasteiger partial charge in [-0.25, -0.2) is 9.07 Å². The Bertz CT molecular complexity index is 1360. The van der Waals surface area contributed by atoms with Crippen molar-refractivity contribution in [3.63, 3.8) is 0 Å². The van der Waals surface area contributed by atoms with Crippen LogP contribution in [0.25, 0.3) is 11.3 Å². The largest absolute Gasteiger partial charge is 0.383 e. The number of amides is 2. The molecule has 1 aromatic carbocycles. The summed E-state index contributed by atoms with van der Waals surface area (Å²) in [5, 5.41) is 9.04. The number of benzene rings is 1. The van der Waals surface area contributed by atoms with Crippen LogP contribution in [0.1, 0.15) is 48.1 Å². The molecule has 3 heterocycles. The molecular formula is C25H26FN7O2. The fourth-order valence-electron chi connectivity index (χ4n) is 5.26. The van der Waals surface area contributed by atoms with Crippen LogP contribution in [0.15, 0.2) is 36.7 Å². The van der Waals surface area contributed by atoms with Crippen molar-refractivity contribution in [2.24, 2.45) is 11.1 Å². The third kappa shape index (κ3) is 4.14. The summed E-state index contributed by atoms with van der Waals surface area (Å²) in [7, 11) is 0. The number of hydrogen-bond donors (Lipinski definition) is 2. The number of rotatable bonds is 5. The highest BCUT2D eigenvalue weighted by atomic mass is 19.1. The van der Waals surface area contributed by atoms with E-state index in [4.69, 9.17) is 11.5 Å². The molecule has 1 saturated heterocycles. The SMILES string of the molecule is CC#CC(=O)N1CCC2(CC(n3nc(-c4cnn(Cc5ccc(F)cc5)c4)c(C(N)=O)c3N)C2)C1. The molecule has 2 aromatic heterocycles. The van der Waals surface area contributed by atoms with Crippen LogP contribution < -0.4 is 11.5 Å². The molecule has 0 bridgehead atoms. The zero-order valence-corrected chi connectivity index (χ0v) is 19.4. The van der Waals surface area contributed by atoms with E-state index in [1.807, 2.05) is 0 Å². The lowest BCUT2D eigenvalue weighted by atomic mass is 9.65. The Morgan fingerprint density at radius 1 is 1.26 bits per heavy atom. The summed E-state index contributed by atoms with van der Waals surface area (Å²) in [6.07, 6.45) is 5.90. The summed E-state index contributed by atoms with van der Waals surface area (Å²) in [5.41, 5.74) is 14.1. The van der Waals surface area contributed by atoms with Crippen LogP contribution in [0.4, 0.5) is 10.2 Å². The molecule has 180 valence electrons. The van der Waals surface area contributed by atoms with Gasteiger partial charge >= 0.3 is 0 Å². The molecule has 2 amide bonds. The number of carbonyl (C=O) groups is 2. The molecule has 35 heavy (non-hydrogen) atoms. The van der Waals surface area contributed by atoms with Crippen LogP contribution in [0.2, 0.25) is 0 Å². The minimum absolute atomic E-state index is 0.0171. The molecule has 5 rings (SSSR count). The van der Waals surface area contributed by atoms with E-state index in [9.17, 15) is 14.0 Å². The summed E-state index contributed by atoms with van der Waals surface area (Å²) in [5.74, 6) is 4.42. The van der Waals surface area contributed by atoms with Crippen molar-refractivity contribution in [2.75, 3.05) is 18.8 Å². The Balaban J connectivity index is 1.35. The second-order valence-corrected chi connectivity index (χ2v) is 9.38. The van der Waals surface area contributed by atoms with E-state index in [2.05, 4.69) is 22.0 Å². The quantitative estimate of drug-likeness (QED) is 0.547. The summed E-state index contributed by atoms with van der Waals surface area (Å²) < 4.78 is 16.6. The Labute approximate surface area is 201 Å². The molecule has 0 unspecified atom stereocenters. The van der Waals surface area contributed by atoms with Gasteiger partial charge in [0.15, 0.2) is 0 Å².